The number of hydrogen-bond donors (Lipinski definition) is 1. The van der Waals surface area contributed by atoms with Gasteiger partial charge in [-0.25, -0.2) is 4.98 Å². The van der Waals surface area contributed by atoms with E-state index < -0.39 is 0 Å². The summed E-state index contributed by atoms with van der Waals surface area (Å²) >= 11 is 0. The molecule has 1 aliphatic carbocycles. The summed E-state index contributed by atoms with van der Waals surface area (Å²) in [6, 6.07) is 6.24. The van der Waals surface area contributed by atoms with E-state index in [2.05, 4.69) is 21.2 Å². The van der Waals surface area contributed by atoms with Gasteiger partial charge < -0.3 is 4.74 Å². The van der Waals surface area contributed by atoms with Crippen LogP contribution in [0.2, 0.25) is 0 Å². The molecule has 1 saturated carbocycles. The smallest absolute Gasteiger partial charge is 0.181 e. The van der Waals surface area contributed by atoms with Gasteiger partial charge in [0.05, 0.1) is 6.61 Å². The molecule has 0 bridgehead atoms. The molecule has 1 aromatic heterocycles. The highest BCUT2D eigenvalue weighted by atomic mass is 16.5. The standard InChI is InChI=1S/C15H17N3O/c1-2-4-10(3-1)14-16-15(18-17-14)12-5-6-13-11(9-12)7-8-19-13/h5-6,9-10H,1-4,7-8H2,(H,16,17,18). The predicted octanol–water partition coefficient (Wildman–Crippen LogP) is 3.06. The van der Waals surface area contributed by atoms with Crippen molar-refractivity contribution >= 4 is 0 Å². The third-order valence-electron chi connectivity index (χ3n) is 4.19. The van der Waals surface area contributed by atoms with E-state index in [1.807, 2.05) is 12.1 Å². The van der Waals surface area contributed by atoms with Crippen LogP contribution in [0.15, 0.2) is 18.2 Å². The summed E-state index contributed by atoms with van der Waals surface area (Å²) in [5, 5.41) is 7.50. The first-order chi connectivity index (χ1) is 9.40. The number of aromatic nitrogens is 3. The highest BCUT2D eigenvalue weighted by molar-refractivity contribution is 5.59. The minimum atomic E-state index is 0.582. The molecule has 1 aliphatic heterocycles. The maximum atomic E-state index is 5.53. The molecule has 2 heterocycles. The number of benzene rings is 1. The molecule has 4 rings (SSSR count). The number of aromatic amines is 1. The van der Waals surface area contributed by atoms with E-state index in [1.165, 1.54) is 31.2 Å². The Bertz CT molecular complexity index is 599. The molecule has 0 spiro atoms. The summed E-state index contributed by atoms with van der Waals surface area (Å²) in [5.74, 6) is 3.47. The van der Waals surface area contributed by atoms with E-state index in [-0.39, 0.29) is 0 Å². The van der Waals surface area contributed by atoms with Crippen LogP contribution in [0.3, 0.4) is 0 Å². The molecular weight excluding hydrogens is 238 g/mol. The summed E-state index contributed by atoms with van der Waals surface area (Å²) < 4.78 is 5.53. The Morgan fingerprint density at radius 1 is 1.21 bits per heavy atom. The van der Waals surface area contributed by atoms with Crippen LogP contribution in [0, 0.1) is 0 Å². The first-order valence-electron chi connectivity index (χ1n) is 7.08. The SMILES string of the molecule is c1cc2c(cc1-c1n[nH]c(C3CCCC3)n1)CCO2. The van der Waals surface area contributed by atoms with Crippen LogP contribution in [0.25, 0.3) is 11.4 Å². The normalized spacial score (nSPS) is 18.5. The minimum absolute atomic E-state index is 0.582. The molecule has 0 amide bonds. The molecule has 0 saturated heterocycles. The van der Waals surface area contributed by atoms with Crippen LogP contribution in [0.4, 0.5) is 0 Å². The monoisotopic (exact) mass is 255 g/mol. The zero-order chi connectivity index (χ0) is 12.7. The lowest BCUT2D eigenvalue weighted by Crippen LogP contribution is -1.94. The Morgan fingerprint density at radius 2 is 2.11 bits per heavy atom. The number of H-pyrrole nitrogens is 1. The summed E-state index contributed by atoms with van der Waals surface area (Å²) in [6.07, 6.45) is 6.11. The highest BCUT2D eigenvalue weighted by Gasteiger charge is 2.21. The summed E-state index contributed by atoms with van der Waals surface area (Å²) in [6.45, 7) is 0.792. The van der Waals surface area contributed by atoms with Gasteiger partial charge in [0.25, 0.3) is 0 Å². The molecule has 19 heavy (non-hydrogen) atoms. The second-order valence-electron chi connectivity index (χ2n) is 5.45. The average molecular weight is 255 g/mol. The van der Waals surface area contributed by atoms with Crippen molar-refractivity contribution in [3.8, 4) is 17.1 Å². The van der Waals surface area contributed by atoms with Gasteiger partial charge in [-0.2, -0.15) is 5.10 Å². The third kappa shape index (κ3) is 1.91. The molecule has 0 atom stereocenters. The third-order valence-corrected chi connectivity index (χ3v) is 4.19. The van der Waals surface area contributed by atoms with Gasteiger partial charge in [-0.15, -0.1) is 0 Å². The van der Waals surface area contributed by atoms with Crippen molar-refractivity contribution in [1.29, 1.82) is 0 Å². The van der Waals surface area contributed by atoms with E-state index in [1.54, 1.807) is 0 Å². The minimum Gasteiger partial charge on any atom is -0.493 e. The Kier molecular flexibility index (Phi) is 2.53. The lowest BCUT2D eigenvalue weighted by Gasteiger charge is -2.02. The molecular formula is C15H17N3O. The number of ether oxygens (including phenoxy) is 1. The first-order valence-corrected chi connectivity index (χ1v) is 7.08. The second-order valence-corrected chi connectivity index (χ2v) is 5.45. The van der Waals surface area contributed by atoms with Gasteiger partial charge in [-0.05, 0) is 36.6 Å². The molecule has 4 nitrogen and oxygen atoms in total. The molecule has 98 valence electrons. The van der Waals surface area contributed by atoms with Gasteiger partial charge in [0.2, 0.25) is 0 Å². The quantitative estimate of drug-likeness (QED) is 0.897. The van der Waals surface area contributed by atoms with E-state index in [4.69, 9.17) is 4.74 Å². The van der Waals surface area contributed by atoms with Crippen molar-refractivity contribution in [2.45, 2.75) is 38.0 Å². The topological polar surface area (TPSA) is 50.8 Å². The highest BCUT2D eigenvalue weighted by Crippen LogP contribution is 2.33. The fraction of sp³-hybridized carbons (Fsp3) is 0.467. The second kappa shape index (κ2) is 4.37. The molecule has 1 aromatic carbocycles. The van der Waals surface area contributed by atoms with Gasteiger partial charge in [-0.3, -0.25) is 5.10 Å². The van der Waals surface area contributed by atoms with Gasteiger partial charge in [-0.1, -0.05) is 12.8 Å². The van der Waals surface area contributed by atoms with Crippen molar-refractivity contribution in [3.05, 3.63) is 29.6 Å². The Morgan fingerprint density at radius 3 is 3.00 bits per heavy atom. The van der Waals surface area contributed by atoms with Crippen LogP contribution in [-0.4, -0.2) is 21.8 Å². The summed E-state index contributed by atoms with van der Waals surface area (Å²) in [5.41, 5.74) is 2.36. The molecule has 1 fully saturated rings. The van der Waals surface area contributed by atoms with Crippen molar-refractivity contribution in [1.82, 2.24) is 15.2 Å². The molecule has 4 heteroatoms. The largest absolute Gasteiger partial charge is 0.493 e. The maximum absolute atomic E-state index is 5.53. The summed E-state index contributed by atoms with van der Waals surface area (Å²) in [4.78, 5) is 4.68. The van der Waals surface area contributed by atoms with Crippen LogP contribution in [0.5, 0.6) is 5.75 Å². The first kappa shape index (κ1) is 11.0. The predicted molar refractivity (Wildman–Crippen MR) is 72.2 cm³/mol. The fourth-order valence-electron chi connectivity index (χ4n) is 3.11. The Balaban J connectivity index is 1.65. The zero-order valence-corrected chi connectivity index (χ0v) is 10.9. The molecule has 0 unspecified atom stereocenters. The number of hydrogen-bond acceptors (Lipinski definition) is 3. The maximum Gasteiger partial charge on any atom is 0.181 e. The number of nitrogens with one attached hydrogen (secondary N) is 1. The molecule has 2 aromatic rings. The van der Waals surface area contributed by atoms with Gasteiger partial charge >= 0.3 is 0 Å². The van der Waals surface area contributed by atoms with Crippen LogP contribution in [0.1, 0.15) is 43.0 Å². The van der Waals surface area contributed by atoms with Crippen LogP contribution >= 0.6 is 0 Å². The molecule has 1 N–H and O–H groups in total. The number of fused-ring (bicyclic) bond motifs is 1. The van der Waals surface area contributed by atoms with Crippen LogP contribution < -0.4 is 4.74 Å². The Labute approximate surface area is 112 Å². The molecule has 0 radical (unpaired) electrons. The Hall–Kier alpha value is -1.84. The van der Waals surface area contributed by atoms with E-state index in [0.717, 1.165) is 36.0 Å². The fourth-order valence-corrected chi connectivity index (χ4v) is 3.11. The van der Waals surface area contributed by atoms with Gasteiger partial charge in [0, 0.05) is 17.9 Å². The van der Waals surface area contributed by atoms with Gasteiger partial charge in [0.15, 0.2) is 5.82 Å². The van der Waals surface area contributed by atoms with Crippen molar-refractivity contribution < 1.29 is 4.74 Å². The van der Waals surface area contributed by atoms with Crippen LogP contribution in [-0.2, 0) is 6.42 Å². The van der Waals surface area contributed by atoms with Gasteiger partial charge in [0.1, 0.15) is 11.6 Å². The average Bonchev–Trinajstić information content (AvgIpc) is 3.18. The van der Waals surface area contributed by atoms with E-state index in [9.17, 15) is 0 Å². The van der Waals surface area contributed by atoms with E-state index >= 15 is 0 Å². The van der Waals surface area contributed by atoms with Crippen molar-refractivity contribution in [2.24, 2.45) is 0 Å². The zero-order valence-electron chi connectivity index (χ0n) is 10.9. The van der Waals surface area contributed by atoms with E-state index in [0.29, 0.717) is 5.92 Å². The number of nitrogens with zero attached hydrogens (tertiary/aromatic N) is 2. The summed E-state index contributed by atoms with van der Waals surface area (Å²) in [7, 11) is 0. The lowest BCUT2D eigenvalue weighted by molar-refractivity contribution is 0.357. The van der Waals surface area contributed by atoms with Crippen molar-refractivity contribution in [3.63, 3.8) is 0 Å². The number of rotatable bonds is 2. The van der Waals surface area contributed by atoms with Crippen molar-refractivity contribution in [2.75, 3.05) is 6.61 Å². The lowest BCUT2D eigenvalue weighted by atomic mass is 10.1. The molecule has 2 aliphatic rings.